The van der Waals surface area contributed by atoms with Crippen molar-refractivity contribution in [2.45, 2.75) is 53.6 Å². The van der Waals surface area contributed by atoms with E-state index in [0.29, 0.717) is 31.9 Å². The first-order valence-electron chi connectivity index (χ1n) is 9.87. The molecule has 2 saturated heterocycles. The van der Waals surface area contributed by atoms with E-state index in [1.165, 1.54) is 22.1 Å². The Bertz CT molecular complexity index is 873. The number of thioether (sulfide) groups is 1. The van der Waals surface area contributed by atoms with Crippen molar-refractivity contribution < 1.29 is 18.0 Å². The van der Waals surface area contributed by atoms with Gasteiger partial charge in [-0.2, -0.15) is 4.31 Å². The second-order valence-electron chi connectivity index (χ2n) is 7.50. The van der Waals surface area contributed by atoms with Gasteiger partial charge >= 0.3 is 0 Å². The Kier molecular flexibility index (Phi) is 5.66. The van der Waals surface area contributed by atoms with Crippen LogP contribution in [0.25, 0.3) is 0 Å². The maximum absolute atomic E-state index is 12.9. The highest BCUT2D eigenvalue weighted by Gasteiger charge is 2.37. The van der Waals surface area contributed by atoms with Gasteiger partial charge in [-0.05, 0) is 43.9 Å². The zero-order valence-electron chi connectivity index (χ0n) is 15.7. The van der Waals surface area contributed by atoms with Crippen molar-refractivity contribution in [2.75, 3.05) is 31.5 Å². The molecule has 2 fully saturated rings. The number of hydrogen-bond donors (Lipinski definition) is 1. The molecule has 1 aromatic rings. The van der Waals surface area contributed by atoms with Crippen LogP contribution in [0.5, 0.6) is 0 Å². The summed E-state index contributed by atoms with van der Waals surface area (Å²) in [5, 5.41) is 1.95. The Balaban J connectivity index is 1.54. The number of rotatable bonds is 3. The van der Waals surface area contributed by atoms with Gasteiger partial charge in [0.05, 0.1) is 10.6 Å². The number of benzene rings is 1. The van der Waals surface area contributed by atoms with E-state index in [2.05, 4.69) is 5.32 Å². The van der Waals surface area contributed by atoms with E-state index in [-0.39, 0.29) is 16.7 Å². The lowest BCUT2D eigenvalue weighted by atomic mass is 10.2. The highest BCUT2D eigenvalue weighted by atomic mass is 32.2. The summed E-state index contributed by atoms with van der Waals surface area (Å²) in [6, 6.07) is 4.79. The minimum atomic E-state index is -3.54. The Morgan fingerprint density at radius 2 is 1.64 bits per heavy atom. The molecule has 3 heterocycles. The van der Waals surface area contributed by atoms with E-state index in [4.69, 9.17) is 0 Å². The molecule has 9 heteroatoms. The van der Waals surface area contributed by atoms with Crippen LogP contribution in [0.4, 0.5) is 5.69 Å². The monoisotopic (exact) mass is 423 g/mol. The molecule has 1 N–H and O–H groups in total. The van der Waals surface area contributed by atoms with Crippen molar-refractivity contribution in [1.29, 1.82) is 0 Å². The first kappa shape index (κ1) is 19.7. The molecule has 0 spiro atoms. The van der Waals surface area contributed by atoms with Gasteiger partial charge in [0.1, 0.15) is 0 Å². The smallest absolute Gasteiger partial charge is 0.247 e. The minimum Gasteiger partial charge on any atom is -0.341 e. The molecule has 4 rings (SSSR count). The van der Waals surface area contributed by atoms with Crippen LogP contribution in [0.2, 0.25) is 0 Å². The number of fused-ring (bicyclic) bond motifs is 1. The first-order chi connectivity index (χ1) is 13.5. The Hall–Kier alpha value is -1.58. The molecule has 152 valence electrons. The third-order valence-electron chi connectivity index (χ3n) is 5.54. The van der Waals surface area contributed by atoms with Crippen LogP contribution in [-0.4, -0.2) is 60.9 Å². The number of sulfonamides is 1. The molecule has 7 nitrogen and oxygen atoms in total. The second-order valence-corrected chi connectivity index (χ2v) is 10.6. The molecule has 1 atom stereocenters. The topological polar surface area (TPSA) is 86.8 Å². The van der Waals surface area contributed by atoms with Gasteiger partial charge in [-0.3, -0.25) is 9.59 Å². The molecule has 28 heavy (non-hydrogen) atoms. The molecule has 0 saturated carbocycles. The van der Waals surface area contributed by atoms with Crippen LogP contribution < -0.4 is 5.32 Å². The van der Waals surface area contributed by atoms with E-state index in [9.17, 15) is 18.0 Å². The summed E-state index contributed by atoms with van der Waals surface area (Å²) in [4.78, 5) is 28.2. The third kappa shape index (κ3) is 3.79. The first-order valence-corrected chi connectivity index (χ1v) is 12.2. The number of hydrogen-bond acceptors (Lipinski definition) is 5. The van der Waals surface area contributed by atoms with Crippen molar-refractivity contribution >= 4 is 39.3 Å². The maximum Gasteiger partial charge on any atom is 0.247 e. The molecular formula is C19H25N3O4S2. The molecule has 1 unspecified atom stereocenters. The van der Waals surface area contributed by atoms with Crippen LogP contribution in [-0.2, 0) is 19.6 Å². The standard InChI is InChI=1S/C19H25N3O4S2/c23-18-17(19(24)21-9-3-1-2-4-10-21)27-16-8-7-14(13-15(16)20-18)28(25,26)22-11-5-6-12-22/h7-8,13,17H,1-6,9-12H2,(H,20,23). The summed E-state index contributed by atoms with van der Waals surface area (Å²) in [6.07, 6.45) is 5.92. The molecule has 0 aliphatic carbocycles. The van der Waals surface area contributed by atoms with Gasteiger partial charge < -0.3 is 10.2 Å². The fourth-order valence-electron chi connectivity index (χ4n) is 3.95. The molecule has 0 bridgehead atoms. The van der Waals surface area contributed by atoms with Crippen LogP contribution >= 0.6 is 11.8 Å². The number of carbonyl (C=O) groups excluding carboxylic acids is 2. The lowest BCUT2D eigenvalue weighted by Gasteiger charge is -2.29. The summed E-state index contributed by atoms with van der Waals surface area (Å²) in [7, 11) is -3.54. The third-order valence-corrected chi connectivity index (χ3v) is 8.69. The largest absolute Gasteiger partial charge is 0.341 e. The lowest BCUT2D eigenvalue weighted by molar-refractivity contribution is -0.133. The Morgan fingerprint density at radius 3 is 2.32 bits per heavy atom. The average molecular weight is 424 g/mol. The quantitative estimate of drug-likeness (QED) is 0.754. The number of carbonyl (C=O) groups is 2. The molecular weight excluding hydrogens is 398 g/mol. The van der Waals surface area contributed by atoms with Crippen LogP contribution in [0, 0.1) is 0 Å². The highest BCUT2D eigenvalue weighted by Crippen LogP contribution is 2.38. The van der Waals surface area contributed by atoms with E-state index in [1.54, 1.807) is 17.0 Å². The van der Waals surface area contributed by atoms with Crippen molar-refractivity contribution in [1.82, 2.24) is 9.21 Å². The predicted molar refractivity (Wildman–Crippen MR) is 108 cm³/mol. The number of anilines is 1. The van der Waals surface area contributed by atoms with Crippen molar-refractivity contribution in [3.05, 3.63) is 18.2 Å². The maximum atomic E-state index is 12.9. The van der Waals surface area contributed by atoms with Gasteiger partial charge in [-0.1, -0.05) is 12.8 Å². The zero-order chi connectivity index (χ0) is 19.7. The fraction of sp³-hybridized carbons (Fsp3) is 0.579. The number of nitrogens with one attached hydrogen (secondary N) is 1. The van der Waals surface area contributed by atoms with Gasteiger partial charge in [-0.15, -0.1) is 11.8 Å². The Labute approximate surface area is 169 Å². The van der Waals surface area contributed by atoms with Crippen molar-refractivity contribution in [2.24, 2.45) is 0 Å². The van der Waals surface area contributed by atoms with Gasteiger partial charge in [0.2, 0.25) is 21.8 Å². The molecule has 0 radical (unpaired) electrons. The van der Waals surface area contributed by atoms with E-state index in [0.717, 1.165) is 43.4 Å². The fourth-order valence-corrected chi connectivity index (χ4v) is 6.54. The van der Waals surface area contributed by atoms with Gasteiger partial charge in [0.25, 0.3) is 0 Å². The summed E-state index contributed by atoms with van der Waals surface area (Å²) in [5.74, 6) is -0.522. The lowest BCUT2D eigenvalue weighted by Crippen LogP contribution is -2.45. The van der Waals surface area contributed by atoms with Crippen molar-refractivity contribution in [3.8, 4) is 0 Å². The summed E-state index contributed by atoms with van der Waals surface area (Å²) in [6.45, 7) is 2.46. The van der Waals surface area contributed by atoms with E-state index in [1.807, 2.05) is 0 Å². The molecule has 2 amide bonds. The molecule has 1 aromatic carbocycles. The van der Waals surface area contributed by atoms with Gasteiger partial charge in [0, 0.05) is 31.1 Å². The van der Waals surface area contributed by atoms with Crippen LogP contribution in [0.1, 0.15) is 38.5 Å². The highest BCUT2D eigenvalue weighted by molar-refractivity contribution is 8.01. The minimum absolute atomic E-state index is 0.149. The number of nitrogens with zero attached hydrogens (tertiary/aromatic N) is 2. The SMILES string of the molecule is O=C1Nc2cc(S(=O)(=O)N3CCCC3)ccc2SC1C(=O)N1CCCCCC1. The average Bonchev–Trinajstić information content (AvgIpc) is 3.10. The number of amides is 2. The van der Waals surface area contributed by atoms with Crippen LogP contribution in [0.3, 0.4) is 0 Å². The zero-order valence-corrected chi connectivity index (χ0v) is 17.4. The van der Waals surface area contributed by atoms with E-state index < -0.39 is 15.3 Å². The summed E-state index contributed by atoms with van der Waals surface area (Å²) < 4.78 is 27.0. The summed E-state index contributed by atoms with van der Waals surface area (Å²) in [5.41, 5.74) is 0.468. The predicted octanol–water partition coefficient (Wildman–Crippen LogP) is 2.29. The molecule has 0 aromatic heterocycles. The normalized spacial score (nSPS) is 23.8. The Morgan fingerprint density at radius 1 is 1.00 bits per heavy atom. The second kappa shape index (κ2) is 8.04. The van der Waals surface area contributed by atoms with Gasteiger partial charge in [-0.25, -0.2) is 8.42 Å². The number of likely N-dealkylation sites (tertiary alicyclic amines) is 1. The molecule has 3 aliphatic heterocycles. The van der Waals surface area contributed by atoms with Gasteiger partial charge in [0.15, 0.2) is 5.25 Å². The van der Waals surface area contributed by atoms with E-state index >= 15 is 0 Å². The van der Waals surface area contributed by atoms with Crippen molar-refractivity contribution in [3.63, 3.8) is 0 Å². The van der Waals surface area contributed by atoms with Crippen LogP contribution in [0.15, 0.2) is 28.0 Å². The summed E-state index contributed by atoms with van der Waals surface area (Å²) >= 11 is 1.21. The molecule has 3 aliphatic rings.